The molecule has 1 aromatic carbocycles. The topological polar surface area (TPSA) is 49.4 Å². The largest absolute Gasteiger partial charge is 0.373 e. The first-order chi connectivity index (χ1) is 8.61. The van der Waals surface area contributed by atoms with E-state index in [0.717, 1.165) is 6.42 Å². The zero-order valence-corrected chi connectivity index (χ0v) is 10.1. The minimum Gasteiger partial charge on any atom is -0.373 e. The molecule has 0 spiro atoms. The van der Waals surface area contributed by atoms with Gasteiger partial charge in [0.05, 0.1) is 6.42 Å². The molecule has 1 aliphatic rings. The molecule has 1 unspecified atom stereocenters. The first kappa shape index (κ1) is 12.5. The average molecular weight is 250 g/mol. The number of hydrogen-bond donors (Lipinski definition) is 1. The Morgan fingerprint density at radius 2 is 2.00 bits per heavy atom. The predicted molar refractivity (Wildman–Crippen MR) is 65.4 cm³/mol. The van der Waals surface area contributed by atoms with Crippen LogP contribution < -0.4 is 5.32 Å². The molecule has 1 fully saturated rings. The normalized spacial score (nSPS) is 19.4. The van der Waals surface area contributed by atoms with Crippen molar-refractivity contribution < 1.29 is 14.0 Å². The first-order valence-corrected chi connectivity index (χ1v) is 5.98. The van der Waals surface area contributed by atoms with Crippen LogP contribution in [0.1, 0.15) is 19.8 Å². The van der Waals surface area contributed by atoms with Gasteiger partial charge in [0.25, 0.3) is 5.91 Å². The smallest absolute Gasteiger partial charge is 0.252 e. The summed E-state index contributed by atoms with van der Waals surface area (Å²) in [6.45, 7) is 2.38. The molecule has 1 aliphatic heterocycles. The monoisotopic (exact) mass is 250 g/mol. The lowest BCUT2D eigenvalue weighted by molar-refractivity contribution is -0.138. The zero-order chi connectivity index (χ0) is 13.1. The third kappa shape index (κ3) is 2.50. The summed E-state index contributed by atoms with van der Waals surface area (Å²) in [6, 6.07) is 5.20. The number of imide groups is 1. The number of halogens is 1. The summed E-state index contributed by atoms with van der Waals surface area (Å²) in [7, 11) is 0. The fourth-order valence-corrected chi connectivity index (χ4v) is 2.00. The number of carbonyl (C=O) groups excluding carboxylic acids is 2. The average Bonchev–Trinajstić information content (AvgIpc) is 2.60. The van der Waals surface area contributed by atoms with Crippen molar-refractivity contribution >= 4 is 17.5 Å². The minimum absolute atomic E-state index is 0.151. The summed E-state index contributed by atoms with van der Waals surface area (Å²) in [5.74, 6) is -0.686. The molecular weight excluding hydrogens is 235 g/mol. The van der Waals surface area contributed by atoms with E-state index in [0.29, 0.717) is 12.2 Å². The highest BCUT2D eigenvalue weighted by molar-refractivity contribution is 6.06. The molecule has 1 aromatic rings. The Hall–Kier alpha value is -1.91. The van der Waals surface area contributed by atoms with E-state index >= 15 is 0 Å². The second-order valence-corrected chi connectivity index (χ2v) is 4.29. The Labute approximate surface area is 105 Å². The SMILES string of the molecule is CCCN1C(=O)CC(Nc2ccc(F)cc2)C1=O. The van der Waals surface area contributed by atoms with Gasteiger partial charge >= 0.3 is 0 Å². The van der Waals surface area contributed by atoms with E-state index < -0.39 is 6.04 Å². The predicted octanol–water partition coefficient (Wildman–Crippen LogP) is 1.78. The fraction of sp³-hybridized carbons (Fsp3) is 0.385. The Morgan fingerprint density at radius 1 is 1.33 bits per heavy atom. The number of anilines is 1. The Bertz CT molecular complexity index is 459. The fourth-order valence-electron chi connectivity index (χ4n) is 2.00. The summed E-state index contributed by atoms with van der Waals surface area (Å²) in [5, 5.41) is 2.96. The van der Waals surface area contributed by atoms with E-state index in [9.17, 15) is 14.0 Å². The van der Waals surface area contributed by atoms with Crippen molar-refractivity contribution in [1.82, 2.24) is 4.90 Å². The zero-order valence-electron chi connectivity index (χ0n) is 10.1. The lowest BCUT2D eigenvalue weighted by Gasteiger charge is -2.15. The highest BCUT2D eigenvalue weighted by Crippen LogP contribution is 2.18. The number of rotatable bonds is 4. The second kappa shape index (κ2) is 5.16. The van der Waals surface area contributed by atoms with Crippen LogP contribution in [0.4, 0.5) is 10.1 Å². The van der Waals surface area contributed by atoms with Gasteiger partial charge in [-0.25, -0.2) is 4.39 Å². The number of carbonyl (C=O) groups is 2. The lowest BCUT2D eigenvalue weighted by Crippen LogP contribution is -2.35. The number of benzene rings is 1. The van der Waals surface area contributed by atoms with Gasteiger partial charge in [0.1, 0.15) is 11.9 Å². The lowest BCUT2D eigenvalue weighted by atomic mass is 10.2. The van der Waals surface area contributed by atoms with E-state index in [4.69, 9.17) is 0 Å². The summed E-state index contributed by atoms with van der Waals surface area (Å²) < 4.78 is 12.7. The van der Waals surface area contributed by atoms with Crippen molar-refractivity contribution in [3.63, 3.8) is 0 Å². The van der Waals surface area contributed by atoms with Crippen molar-refractivity contribution in [1.29, 1.82) is 0 Å². The van der Waals surface area contributed by atoms with Gasteiger partial charge in [-0.2, -0.15) is 0 Å². The Morgan fingerprint density at radius 3 is 2.61 bits per heavy atom. The summed E-state index contributed by atoms with van der Waals surface area (Å²) in [4.78, 5) is 24.9. The van der Waals surface area contributed by atoms with Gasteiger partial charge < -0.3 is 5.32 Å². The van der Waals surface area contributed by atoms with Gasteiger partial charge in [0, 0.05) is 12.2 Å². The molecule has 0 saturated carbocycles. The molecule has 0 radical (unpaired) electrons. The molecule has 0 bridgehead atoms. The van der Waals surface area contributed by atoms with E-state index in [-0.39, 0.29) is 24.1 Å². The van der Waals surface area contributed by atoms with Crippen LogP contribution in [-0.4, -0.2) is 29.3 Å². The molecular formula is C13H15FN2O2. The molecule has 1 atom stereocenters. The molecule has 18 heavy (non-hydrogen) atoms. The van der Waals surface area contributed by atoms with Gasteiger partial charge in [0.15, 0.2) is 0 Å². The quantitative estimate of drug-likeness (QED) is 0.829. The maximum atomic E-state index is 12.7. The molecule has 1 saturated heterocycles. The van der Waals surface area contributed by atoms with Crippen LogP contribution in [0.2, 0.25) is 0 Å². The van der Waals surface area contributed by atoms with Crippen LogP contribution in [0.25, 0.3) is 0 Å². The van der Waals surface area contributed by atoms with E-state index in [1.165, 1.54) is 17.0 Å². The number of nitrogens with one attached hydrogen (secondary N) is 1. The number of amides is 2. The third-order valence-electron chi connectivity index (χ3n) is 2.88. The molecule has 1 heterocycles. The third-order valence-corrected chi connectivity index (χ3v) is 2.88. The maximum Gasteiger partial charge on any atom is 0.252 e. The van der Waals surface area contributed by atoms with Crippen molar-refractivity contribution in [2.45, 2.75) is 25.8 Å². The molecule has 1 N–H and O–H groups in total. The molecule has 2 rings (SSSR count). The molecule has 0 aliphatic carbocycles. The van der Waals surface area contributed by atoms with E-state index in [2.05, 4.69) is 5.32 Å². The van der Waals surface area contributed by atoms with Crippen LogP contribution >= 0.6 is 0 Å². The maximum absolute atomic E-state index is 12.7. The van der Waals surface area contributed by atoms with Gasteiger partial charge in [-0.05, 0) is 30.7 Å². The summed E-state index contributed by atoms with van der Waals surface area (Å²) in [6.07, 6.45) is 0.914. The summed E-state index contributed by atoms with van der Waals surface area (Å²) >= 11 is 0. The molecule has 96 valence electrons. The highest BCUT2D eigenvalue weighted by atomic mass is 19.1. The molecule has 2 amide bonds. The van der Waals surface area contributed by atoms with Crippen molar-refractivity contribution in [3.05, 3.63) is 30.1 Å². The van der Waals surface area contributed by atoms with Crippen LogP contribution in [0.15, 0.2) is 24.3 Å². The molecule has 0 aromatic heterocycles. The van der Waals surface area contributed by atoms with Crippen LogP contribution in [0.3, 0.4) is 0 Å². The van der Waals surface area contributed by atoms with Gasteiger partial charge in [-0.3, -0.25) is 14.5 Å². The van der Waals surface area contributed by atoms with Gasteiger partial charge in [-0.15, -0.1) is 0 Å². The van der Waals surface area contributed by atoms with Crippen molar-refractivity contribution in [3.8, 4) is 0 Å². The van der Waals surface area contributed by atoms with Crippen LogP contribution in [0, 0.1) is 5.82 Å². The second-order valence-electron chi connectivity index (χ2n) is 4.29. The van der Waals surface area contributed by atoms with E-state index in [1.54, 1.807) is 12.1 Å². The molecule has 5 heteroatoms. The number of likely N-dealkylation sites (tertiary alicyclic amines) is 1. The Kier molecular flexibility index (Phi) is 3.60. The first-order valence-electron chi connectivity index (χ1n) is 5.98. The van der Waals surface area contributed by atoms with Crippen molar-refractivity contribution in [2.75, 3.05) is 11.9 Å². The Balaban J connectivity index is 2.05. The molecule has 4 nitrogen and oxygen atoms in total. The van der Waals surface area contributed by atoms with Gasteiger partial charge in [0.2, 0.25) is 5.91 Å². The van der Waals surface area contributed by atoms with E-state index in [1.807, 2.05) is 6.92 Å². The highest BCUT2D eigenvalue weighted by Gasteiger charge is 2.37. The van der Waals surface area contributed by atoms with Crippen molar-refractivity contribution in [2.24, 2.45) is 0 Å². The van der Waals surface area contributed by atoms with Crippen LogP contribution in [0.5, 0.6) is 0 Å². The summed E-state index contributed by atoms with van der Waals surface area (Å²) in [5.41, 5.74) is 0.640. The number of hydrogen-bond acceptors (Lipinski definition) is 3. The standard InChI is InChI=1S/C13H15FN2O2/c1-2-7-16-12(17)8-11(13(16)18)15-10-5-3-9(14)4-6-10/h3-6,11,15H,2,7-8H2,1H3. The van der Waals surface area contributed by atoms with Crippen LogP contribution in [-0.2, 0) is 9.59 Å². The number of nitrogens with zero attached hydrogens (tertiary/aromatic N) is 1. The van der Waals surface area contributed by atoms with Gasteiger partial charge in [-0.1, -0.05) is 6.92 Å². The minimum atomic E-state index is -0.533.